The normalized spacial score (nSPS) is 29.5. The van der Waals surface area contributed by atoms with Crippen LogP contribution in [0.15, 0.2) is 24.4 Å². The van der Waals surface area contributed by atoms with Crippen LogP contribution in [0, 0.1) is 5.41 Å². The molecule has 0 aromatic carbocycles. The van der Waals surface area contributed by atoms with Crippen molar-refractivity contribution in [2.75, 3.05) is 0 Å². The Morgan fingerprint density at radius 2 is 2.25 bits per heavy atom. The third kappa shape index (κ3) is 1.97. The first-order valence-electron chi connectivity index (χ1n) is 5.87. The van der Waals surface area contributed by atoms with Crippen LogP contribution in [0.3, 0.4) is 0 Å². The van der Waals surface area contributed by atoms with Gasteiger partial charge in [-0.05, 0) is 25.5 Å². The monoisotopic (exact) mass is 220 g/mol. The molecule has 2 N–H and O–H groups in total. The smallest absolute Gasteiger partial charge is 0.0621 e. The summed E-state index contributed by atoms with van der Waals surface area (Å²) in [6.45, 7) is 6.32. The molecule has 3 heteroatoms. The molecule has 1 aromatic heterocycles. The van der Waals surface area contributed by atoms with Gasteiger partial charge < -0.3 is 10.4 Å². The lowest BCUT2D eigenvalue weighted by atomic mass is 9.64. The number of aliphatic hydroxyl groups excluding tert-OH is 1. The summed E-state index contributed by atoms with van der Waals surface area (Å²) in [6, 6.07) is 6.56. The largest absolute Gasteiger partial charge is 0.392 e. The fourth-order valence-corrected chi connectivity index (χ4v) is 2.20. The van der Waals surface area contributed by atoms with E-state index >= 15 is 0 Å². The number of aliphatic hydroxyl groups is 1. The predicted octanol–water partition coefficient (Wildman–Crippen LogP) is 1.89. The van der Waals surface area contributed by atoms with Crippen molar-refractivity contribution in [1.82, 2.24) is 10.3 Å². The summed E-state index contributed by atoms with van der Waals surface area (Å²) in [6.07, 6.45) is 2.47. The second-order valence-corrected chi connectivity index (χ2v) is 5.27. The summed E-state index contributed by atoms with van der Waals surface area (Å²) < 4.78 is 0. The molecule has 88 valence electrons. The molecule has 16 heavy (non-hydrogen) atoms. The lowest BCUT2D eigenvalue weighted by Gasteiger charge is -2.50. The highest BCUT2D eigenvalue weighted by Gasteiger charge is 2.47. The standard InChI is InChI=1S/C13H20N2O/c1-9(10-6-4-5-7-14-10)15-11-8-12(16)13(11,2)3/h4-7,9,11-12,15-16H,8H2,1-3H3. The van der Waals surface area contributed by atoms with Crippen LogP contribution in [0.1, 0.15) is 38.9 Å². The fourth-order valence-electron chi connectivity index (χ4n) is 2.20. The maximum Gasteiger partial charge on any atom is 0.0621 e. The molecule has 0 radical (unpaired) electrons. The van der Waals surface area contributed by atoms with Crippen molar-refractivity contribution in [2.24, 2.45) is 5.41 Å². The number of hydrogen-bond donors (Lipinski definition) is 2. The van der Waals surface area contributed by atoms with Crippen molar-refractivity contribution >= 4 is 0 Å². The van der Waals surface area contributed by atoms with E-state index in [1.54, 1.807) is 0 Å². The number of aromatic nitrogens is 1. The number of pyridine rings is 1. The van der Waals surface area contributed by atoms with Crippen LogP contribution in [0.25, 0.3) is 0 Å². The maximum atomic E-state index is 9.67. The lowest BCUT2D eigenvalue weighted by molar-refractivity contribution is -0.0756. The number of nitrogens with zero attached hydrogens (tertiary/aromatic N) is 1. The van der Waals surface area contributed by atoms with Gasteiger partial charge in [-0.1, -0.05) is 19.9 Å². The first-order valence-corrected chi connectivity index (χ1v) is 5.87. The zero-order valence-corrected chi connectivity index (χ0v) is 10.1. The molecule has 3 atom stereocenters. The molecule has 1 fully saturated rings. The van der Waals surface area contributed by atoms with E-state index in [9.17, 15) is 5.11 Å². The van der Waals surface area contributed by atoms with Gasteiger partial charge in [0.25, 0.3) is 0 Å². The van der Waals surface area contributed by atoms with Crippen molar-refractivity contribution in [3.05, 3.63) is 30.1 Å². The van der Waals surface area contributed by atoms with E-state index in [0.717, 1.165) is 12.1 Å². The molecule has 1 aliphatic rings. The van der Waals surface area contributed by atoms with Gasteiger partial charge in [0.05, 0.1) is 11.8 Å². The average molecular weight is 220 g/mol. The van der Waals surface area contributed by atoms with Gasteiger partial charge in [-0.15, -0.1) is 0 Å². The maximum absolute atomic E-state index is 9.67. The zero-order valence-electron chi connectivity index (χ0n) is 10.1. The Labute approximate surface area is 96.9 Å². The Morgan fingerprint density at radius 1 is 1.50 bits per heavy atom. The van der Waals surface area contributed by atoms with Crippen molar-refractivity contribution in [2.45, 2.75) is 45.4 Å². The van der Waals surface area contributed by atoms with Gasteiger partial charge in [-0.3, -0.25) is 4.98 Å². The molecule has 0 spiro atoms. The number of hydrogen-bond acceptors (Lipinski definition) is 3. The topological polar surface area (TPSA) is 45.1 Å². The molecule has 2 rings (SSSR count). The van der Waals surface area contributed by atoms with Gasteiger partial charge in [0, 0.05) is 23.7 Å². The Balaban J connectivity index is 1.97. The first-order chi connectivity index (χ1) is 7.51. The van der Waals surface area contributed by atoms with E-state index in [-0.39, 0.29) is 17.6 Å². The molecule has 1 aromatic rings. The third-order valence-corrected chi connectivity index (χ3v) is 3.80. The molecule has 0 amide bonds. The van der Waals surface area contributed by atoms with Gasteiger partial charge in [-0.25, -0.2) is 0 Å². The first kappa shape index (κ1) is 11.6. The van der Waals surface area contributed by atoms with Crippen LogP contribution in [0.5, 0.6) is 0 Å². The number of nitrogens with one attached hydrogen (secondary N) is 1. The summed E-state index contributed by atoms with van der Waals surface area (Å²) in [5.74, 6) is 0. The van der Waals surface area contributed by atoms with E-state index < -0.39 is 0 Å². The Bertz CT molecular complexity index is 350. The van der Waals surface area contributed by atoms with Gasteiger partial charge in [0.15, 0.2) is 0 Å². The fraction of sp³-hybridized carbons (Fsp3) is 0.615. The van der Waals surface area contributed by atoms with Crippen LogP contribution in [-0.4, -0.2) is 22.2 Å². The predicted molar refractivity (Wildman–Crippen MR) is 64.0 cm³/mol. The minimum absolute atomic E-state index is 0.0248. The van der Waals surface area contributed by atoms with Crippen molar-refractivity contribution in [3.63, 3.8) is 0 Å². The van der Waals surface area contributed by atoms with E-state index in [1.807, 2.05) is 24.4 Å². The molecule has 1 saturated carbocycles. The third-order valence-electron chi connectivity index (χ3n) is 3.80. The van der Waals surface area contributed by atoms with Gasteiger partial charge in [-0.2, -0.15) is 0 Å². The molecule has 1 aliphatic carbocycles. The van der Waals surface area contributed by atoms with Crippen LogP contribution < -0.4 is 5.32 Å². The highest BCUT2D eigenvalue weighted by Crippen LogP contribution is 2.41. The van der Waals surface area contributed by atoms with Crippen LogP contribution >= 0.6 is 0 Å². The lowest BCUT2D eigenvalue weighted by Crippen LogP contribution is -2.60. The van der Waals surface area contributed by atoms with Crippen molar-refractivity contribution in [1.29, 1.82) is 0 Å². The van der Waals surface area contributed by atoms with E-state index in [0.29, 0.717) is 6.04 Å². The molecular formula is C13H20N2O. The molecule has 3 nitrogen and oxygen atoms in total. The molecule has 0 aliphatic heterocycles. The molecule has 1 heterocycles. The number of rotatable bonds is 3. The minimum Gasteiger partial charge on any atom is -0.392 e. The second kappa shape index (κ2) is 4.15. The van der Waals surface area contributed by atoms with Crippen molar-refractivity contribution < 1.29 is 5.11 Å². The highest BCUT2D eigenvalue weighted by atomic mass is 16.3. The summed E-state index contributed by atoms with van der Waals surface area (Å²) >= 11 is 0. The van der Waals surface area contributed by atoms with Crippen molar-refractivity contribution in [3.8, 4) is 0 Å². The Morgan fingerprint density at radius 3 is 2.75 bits per heavy atom. The van der Waals surface area contributed by atoms with Gasteiger partial charge >= 0.3 is 0 Å². The summed E-state index contributed by atoms with van der Waals surface area (Å²) in [4.78, 5) is 4.33. The molecular weight excluding hydrogens is 200 g/mol. The summed E-state index contributed by atoms with van der Waals surface area (Å²) in [7, 11) is 0. The summed E-state index contributed by atoms with van der Waals surface area (Å²) in [5, 5.41) is 13.2. The molecule has 3 unspecified atom stereocenters. The van der Waals surface area contributed by atoms with Gasteiger partial charge in [0.2, 0.25) is 0 Å². The summed E-state index contributed by atoms with van der Waals surface area (Å²) in [5.41, 5.74) is 1.03. The molecule has 0 saturated heterocycles. The SMILES string of the molecule is CC(NC1CC(O)C1(C)C)c1ccccn1. The second-order valence-electron chi connectivity index (χ2n) is 5.27. The quantitative estimate of drug-likeness (QED) is 0.817. The Kier molecular flexibility index (Phi) is 3.00. The highest BCUT2D eigenvalue weighted by molar-refractivity contribution is 5.10. The minimum atomic E-state index is -0.180. The van der Waals surface area contributed by atoms with Crippen LogP contribution in [0.2, 0.25) is 0 Å². The zero-order chi connectivity index (χ0) is 11.8. The van der Waals surface area contributed by atoms with Crippen LogP contribution in [0.4, 0.5) is 0 Å². The average Bonchev–Trinajstić information content (AvgIpc) is 2.29. The van der Waals surface area contributed by atoms with Gasteiger partial charge in [0.1, 0.15) is 0 Å². The van der Waals surface area contributed by atoms with E-state index in [4.69, 9.17) is 0 Å². The Hall–Kier alpha value is -0.930. The molecule has 0 bridgehead atoms. The van der Waals surface area contributed by atoms with E-state index in [2.05, 4.69) is 31.1 Å². The van der Waals surface area contributed by atoms with E-state index in [1.165, 1.54) is 0 Å². The van der Waals surface area contributed by atoms with Crippen LogP contribution in [-0.2, 0) is 0 Å².